The molecule has 0 aromatic heterocycles. The largest absolute Gasteiger partial charge is 1.00 e. The van der Waals surface area contributed by atoms with Crippen molar-refractivity contribution in [3.05, 3.63) is 42.8 Å². The van der Waals surface area contributed by atoms with E-state index in [1.54, 1.807) is 0 Å². The summed E-state index contributed by atoms with van der Waals surface area (Å²) in [6.45, 7) is 4.34. The summed E-state index contributed by atoms with van der Waals surface area (Å²) in [5.74, 6) is 0. The minimum absolute atomic E-state index is 0. The molecule has 1 aliphatic rings. The predicted octanol–water partition coefficient (Wildman–Crippen LogP) is 0.336. The van der Waals surface area contributed by atoms with Crippen LogP contribution in [0.3, 0.4) is 0 Å². The first-order valence-electron chi connectivity index (χ1n) is 4.72. The van der Waals surface area contributed by atoms with Crippen molar-refractivity contribution in [2.24, 2.45) is 0 Å². The van der Waals surface area contributed by atoms with Gasteiger partial charge in [0.05, 0.1) is 0 Å². The van der Waals surface area contributed by atoms with Crippen LogP contribution in [0.15, 0.2) is 30.3 Å². The molecule has 0 aliphatic heterocycles. The number of hydrogen-bond donors (Lipinski definition) is 0. The van der Waals surface area contributed by atoms with E-state index < -0.39 is 0 Å². The molecule has 1 fully saturated rings. The molecule has 1 aromatic carbocycles. The molecule has 0 saturated heterocycles. The van der Waals surface area contributed by atoms with Crippen molar-refractivity contribution in [2.75, 3.05) is 0 Å². The summed E-state index contributed by atoms with van der Waals surface area (Å²) in [6.07, 6.45) is 5.21. The van der Waals surface area contributed by atoms with Gasteiger partial charge >= 0.3 is 18.9 Å². The fourth-order valence-corrected chi connectivity index (χ4v) is 2.13. The first kappa shape index (κ1) is 10.9. The second-order valence-electron chi connectivity index (χ2n) is 3.85. The van der Waals surface area contributed by atoms with Crippen LogP contribution in [0.4, 0.5) is 0 Å². The smallest absolute Gasteiger partial charge is 0.333 e. The van der Waals surface area contributed by atoms with E-state index in [1.165, 1.54) is 31.2 Å². The standard InChI is InChI=1S/C12H15.Li/c1-12(9-5-6-10-12)11-7-3-2-4-8-11;/h2-4,7-8H,1,5-6,9-10H2;/q-1;+1. The van der Waals surface area contributed by atoms with E-state index in [2.05, 4.69) is 37.3 Å². The van der Waals surface area contributed by atoms with Crippen LogP contribution < -0.4 is 18.9 Å². The van der Waals surface area contributed by atoms with Crippen LogP contribution in [0.2, 0.25) is 0 Å². The SMILES string of the molecule is [CH2-]C1(c2ccccc2)CCCC1.[Li+]. The number of hydrogen-bond acceptors (Lipinski definition) is 0. The molecule has 0 nitrogen and oxygen atoms in total. The molecular formula is C12H15Li. The third-order valence-corrected chi connectivity index (χ3v) is 2.95. The van der Waals surface area contributed by atoms with Crippen LogP contribution in [0.25, 0.3) is 0 Å². The molecule has 1 aliphatic carbocycles. The van der Waals surface area contributed by atoms with Crippen LogP contribution in [0.5, 0.6) is 0 Å². The fourth-order valence-electron chi connectivity index (χ4n) is 2.13. The van der Waals surface area contributed by atoms with Gasteiger partial charge in [0, 0.05) is 0 Å². The Hall–Kier alpha value is -0.183. The van der Waals surface area contributed by atoms with Gasteiger partial charge in [-0.3, -0.25) is 0 Å². The Morgan fingerprint density at radius 1 is 1.00 bits per heavy atom. The van der Waals surface area contributed by atoms with Crippen molar-refractivity contribution < 1.29 is 18.9 Å². The second kappa shape index (κ2) is 4.36. The van der Waals surface area contributed by atoms with Crippen molar-refractivity contribution >= 4 is 0 Å². The monoisotopic (exact) mass is 166 g/mol. The minimum Gasteiger partial charge on any atom is -0.333 e. The summed E-state index contributed by atoms with van der Waals surface area (Å²) < 4.78 is 0. The van der Waals surface area contributed by atoms with Gasteiger partial charge in [0.2, 0.25) is 0 Å². The molecule has 0 atom stereocenters. The van der Waals surface area contributed by atoms with Gasteiger partial charge in [0.15, 0.2) is 0 Å². The van der Waals surface area contributed by atoms with Crippen molar-refractivity contribution in [3.63, 3.8) is 0 Å². The van der Waals surface area contributed by atoms with Crippen molar-refractivity contribution in [3.8, 4) is 0 Å². The predicted molar refractivity (Wildman–Crippen MR) is 51.9 cm³/mol. The summed E-state index contributed by atoms with van der Waals surface area (Å²) in [7, 11) is 0. The van der Waals surface area contributed by atoms with Crippen LogP contribution in [0, 0.1) is 6.92 Å². The number of rotatable bonds is 1. The quantitative estimate of drug-likeness (QED) is 0.417. The molecule has 1 saturated carbocycles. The Labute approximate surface area is 92.9 Å². The minimum atomic E-state index is 0. The van der Waals surface area contributed by atoms with Gasteiger partial charge in [-0.15, -0.1) is 5.41 Å². The zero-order valence-electron chi connectivity index (χ0n) is 8.42. The Balaban J connectivity index is 0.000000845. The molecule has 64 valence electrons. The third kappa shape index (κ3) is 2.19. The molecule has 2 rings (SSSR count). The van der Waals surface area contributed by atoms with Gasteiger partial charge in [-0.05, 0) is 0 Å². The first-order valence-corrected chi connectivity index (χ1v) is 4.72. The van der Waals surface area contributed by atoms with Gasteiger partial charge in [0.1, 0.15) is 0 Å². The summed E-state index contributed by atoms with van der Waals surface area (Å²) >= 11 is 0. The molecule has 0 unspecified atom stereocenters. The van der Waals surface area contributed by atoms with E-state index in [-0.39, 0.29) is 24.3 Å². The van der Waals surface area contributed by atoms with E-state index in [4.69, 9.17) is 0 Å². The Bertz CT molecular complexity index is 247. The molecule has 1 heteroatoms. The molecule has 1 aromatic rings. The van der Waals surface area contributed by atoms with Crippen molar-refractivity contribution in [1.82, 2.24) is 0 Å². The molecule has 0 radical (unpaired) electrons. The van der Waals surface area contributed by atoms with Crippen molar-refractivity contribution in [2.45, 2.75) is 31.1 Å². The van der Waals surface area contributed by atoms with E-state index in [1.807, 2.05) is 0 Å². The maximum absolute atomic E-state index is 4.34. The molecule has 0 bridgehead atoms. The summed E-state index contributed by atoms with van der Waals surface area (Å²) in [5.41, 5.74) is 1.66. The van der Waals surface area contributed by atoms with E-state index in [9.17, 15) is 0 Å². The topological polar surface area (TPSA) is 0 Å². The van der Waals surface area contributed by atoms with Crippen LogP contribution >= 0.6 is 0 Å². The summed E-state index contributed by atoms with van der Waals surface area (Å²) in [5, 5.41) is 0. The zero-order valence-corrected chi connectivity index (χ0v) is 8.42. The first-order chi connectivity index (χ1) is 5.81. The van der Waals surface area contributed by atoms with Gasteiger partial charge < -0.3 is 6.92 Å². The number of benzene rings is 1. The molecular weight excluding hydrogens is 151 g/mol. The maximum Gasteiger partial charge on any atom is 1.00 e. The van der Waals surface area contributed by atoms with E-state index >= 15 is 0 Å². The molecule has 0 spiro atoms. The summed E-state index contributed by atoms with van der Waals surface area (Å²) in [4.78, 5) is 0. The van der Waals surface area contributed by atoms with Crippen molar-refractivity contribution in [1.29, 1.82) is 0 Å². The third-order valence-electron chi connectivity index (χ3n) is 2.95. The molecule has 0 N–H and O–H groups in total. The average Bonchev–Trinajstić information content (AvgIpc) is 2.55. The fraction of sp³-hybridized carbons (Fsp3) is 0.417. The maximum atomic E-state index is 4.34. The Morgan fingerprint density at radius 3 is 2.08 bits per heavy atom. The van der Waals surface area contributed by atoms with Gasteiger partial charge in [0.25, 0.3) is 0 Å². The molecule has 13 heavy (non-hydrogen) atoms. The molecule has 0 amide bonds. The zero-order chi connectivity index (χ0) is 8.44. The van der Waals surface area contributed by atoms with Crippen LogP contribution in [0.1, 0.15) is 31.2 Å². The normalized spacial score (nSPS) is 19.5. The van der Waals surface area contributed by atoms with Crippen LogP contribution in [-0.4, -0.2) is 0 Å². The Morgan fingerprint density at radius 2 is 1.54 bits per heavy atom. The van der Waals surface area contributed by atoms with E-state index in [0.29, 0.717) is 0 Å². The average molecular weight is 166 g/mol. The van der Waals surface area contributed by atoms with E-state index in [0.717, 1.165) is 0 Å². The molecule has 0 heterocycles. The summed E-state index contributed by atoms with van der Waals surface area (Å²) in [6, 6.07) is 10.7. The van der Waals surface area contributed by atoms with Crippen LogP contribution in [-0.2, 0) is 5.41 Å². The second-order valence-corrected chi connectivity index (χ2v) is 3.85. The van der Waals surface area contributed by atoms with Gasteiger partial charge in [-0.2, -0.15) is 0 Å². The van der Waals surface area contributed by atoms with Gasteiger partial charge in [-0.1, -0.05) is 61.6 Å². The van der Waals surface area contributed by atoms with Gasteiger partial charge in [-0.25, -0.2) is 0 Å². The Kier molecular flexibility index (Phi) is 3.65.